The lowest BCUT2D eigenvalue weighted by Crippen LogP contribution is -2.47. The predicted octanol–water partition coefficient (Wildman–Crippen LogP) is 2.06. The van der Waals surface area contributed by atoms with Crippen molar-refractivity contribution in [3.05, 3.63) is 42.4 Å². The first kappa shape index (κ1) is 15.6. The summed E-state index contributed by atoms with van der Waals surface area (Å²) in [6.45, 7) is 5.47. The number of aryl methyl sites for hydroxylation is 1. The number of ether oxygens (including phenoxy) is 1. The smallest absolute Gasteiger partial charge is 0.233 e. The summed E-state index contributed by atoms with van der Waals surface area (Å²) in [5.74, 6) is 2.35. The number of benzene rings is 1. The van der Waals surface area contributed by atoms with E-state index in [0.717, 1.165) is 54.5 Å². The third-order valence-electron chi connectivity index (χ3n) is 4.43. The summed E-state index contributed by atoms with van der Waals surface area (Å²) >= 11 is 0. The molecule has 0 atom stereocenters. The Morgan fingerprint density at radius 3 is 2.28 bits per heavy atom. The van der Waals surface area contributed by atoms with E-state index in [1.807, 2.05) is 31.2 Å². The molecule has 7 heteroatoms. The van der Waals surface area contributed by atoms with E-state index in [1.165, 1.54) is 0 Å². The van der Waals surface area contributed by atoms with Crippen LogP contribution in [-0.4, -0.2) is 53.2 Å². The van der Waals surface area contributed by atoms with Gasteiger partial charge >= 0.3 is 0 Å². The molecule has 1 saturated heterocycles. The highest BCUT2D eigenvalue weighted by Crippen LogP contribution is 2.23. The van der Waals surface area contributed by atoms with Crippen molar-refractivity contribution in [1.29, 1.82) is 0 Å². The van der Waals surface area contributed by atoms with Crippen LogP contribution in [0.5, 0.6) is 5.88 Å². The standard InChI is InChI=1S/C18H20N6O/c1-13-18(21-15-6-4-3-5-14(15)20-13)24-9-7-23(8-10-24)16-11-19-12-17(22-16)25-2/h3-6,11-12H,7-10H2,1-2H3. The van der Waals surface area contributed by atoms with Crippen LogP contribution < -0.4 is 14.5 Å². The van der Waals surface area contributed by atoms with Crippen LogP contribution in [0.3, 0.4) is 0 Å². The maximum Gasteiger partial charge on any atom is 0.233 e. The minimum Gasteiger partial charge on any atom is -0.480 e. The molecule has 0 bridgehead atoms. The molecule has 128 valence electrons. The van der Waals surface area contributed by atoms with Crippen LogP contribution >= 0.6 is 0 Å². The van der Waals surface area contributed by atoms with E-state index in [4.69, 9.17) is 14.7 Å². The predicted molar refractivity (Wildman–Crippen MR) is 97.3 cm³/mol. The molecule has 3 heterocycles. The van der Waals surface area contributed by atoms with E-state index in [-0.39, 0.29) is 0 Å². The van der Waals surface area contributed by atoms with Gasteiger partial charge in [-0.15, -0.1) is 0 Å². The Hall–Kier alpha value is -2.96. The van der Waals surface area contributed by atoms with Crippen molar-refractivity contribution in [2.45, 2.75) is 6.92 Å². The molecule has 7 nitrogen and oxygen atoms in total. The highest BCUT2D eigenvalue weighted by molar-refractivity contribution is 5.76. The molecule has 0 saturated carbocycles. The molecular formula is C18H20N6O. The molecule has 2 aromatic heterocycles. The number of para-hydroxylation sites is 2. The number of anilines is 2. The summed E-state index contributed by atoms with van der Waals surface area (Å²) in [6.07, 6.45) is 3.40. The number of hydrogen-bond donors (Lipinski definition) is 0. The molecule has 0 unspecified atom stereocenters. The summed E-state index contributed by atoms with van der Waals surface area (Å²) in [5, 5.41) is 0. The van der Waals surface area contributed by atoms with Gasteiger partial charge in [0.05, 0.1) is 36.2 Å². The van der Waals surface area contributed by atoms with Gasteiger partial charge in [0.25, 0.3) is 0 Å². The van der Waals surface area contributed by atoms with Gasteiger partial charge in [-0.05, 0) is 19.1 Å². The van der Waals surface area contributed by atoms with Gasteiger partial charge < -0.3 is 14.5 Å². The summed E-state index contributed by atoms with van der Waals surface area (Å²) in [4.78, 5) is 22.7. The van der Waals surface area contributed by atoms with Crippen LogP contribution in [0.4, 0.5) is 11.6 Å². The molecule has 0 radical (unpaired) electrons. The minimum atomic E-state index is 0.538. The second-order valence-electron chi connectivity index (χ2n) is 6.02. The third kappa shape index (κ3) is 3.05. The van der Waals surface area contributed by atoms with Gasteiger partial charge in [-0.3, -0.25) is 4.98 Å². The highest BCUT2D eigenvalue weighted by Gasteiger charge is 2.21. The molecule has 0 aliphatic carbocycles. The minimum absolute atomic E-state index is 0.538. The Bertz CT molecular complexity index is 892. The van der Waals surface area contributed by atoms with Gasteiger partial charge in [-0.25, -0.2) is 9.97 Å². The van der Waals surface area contributed by atoms with Gasteiger partial charge in [0.2, 0.25) is 5.88 Å². The van der Waals surface area contributed by atoms with Crippen molar-refractivity contribution in [2.24, 2.45) is 0 Å². The Morgan fingerprint density at radius 2 is 1.56 bits per heavy atom. The van der Waals surface area contributed by atoms with Crippen molar-refractivity contribution >= 4 is 22.7 Å². The average molecular weight is 336 g/mol. The Balaban J connectivity index is 1.52. The van der Waals surface area contributed by atoms with E-state index < -0.39 is 0 Å². The average Bonchev–Trinajstić information content (AvgIpc) is 2.67. The van der Waals surface area contributed by atoms with E-state index in [1.54, 1.807) is 19.5 Å². The van der Waals surface area contributed by atoms with Crippen molar-refractivity contribution in [1.82, 2.24) is 19.9 Å². The van der Waals surface area contributed by atoms with Gasteiger partial charge in [-0.1, -0.05) is 12.1 Å². The number of methoxy groups -OCH3 is 1. The van der Waals surface area contributed by atoms with Crippen molar-refractivity contribution < 1.29 is 4.74 Å². The van der Waals surface area contributed by atoms with Crippen LogP contribution in [0.15, 0.2) is 36.7 Å². The molecule has 4 rings (SSSR count). The molecule has 25 heavy (non-hydrogen) atoms. The van der Waals surface area contributed by atoms with Crippen molar-refractivity contribution in [3.63, 3.8) is 0 Å². The Morgan fingerprint density at radius 1 is 0.880 bits per heavy atom. The first-order chi connectivity index (χ1) is 12.2. The number of hydrogen-bond acceptors (Lipinski definition) is 7. The lowest BCUT2D eigenvalue weighted by Gasteiger charge is -2.36. The quantitative estimate of drug-likeness (QED) is 0.725. The van der Waals surface area contributed by atoms with Crippen LogP contribution in [0.2, 0.25) is 0 Å². The lowest BCUT2D eigenvalue weighted by molar-refractivity contribution is 0.395. The summed E-state index contributed by atoms with van der Waals surface area (Å²) in [7, 11) is 1.60. The number of fused-ring (bicyclic) bond motifs is 1. The Kier molecular flexibility index (Phi) is 4.05. The molecule has 1 aliphatic heterocycles. The molecule has 3 aromatic rings. The van der Waals surface area contributed by atoms with Crippen LogP contribution in [-0.2, 0) is 0 Å². The largest absolute Gasteiger partial charge is 0.480 e. The van der Waals surface area contributed by atoms with Crippen molar-refractivity contribution in [2.75, 3.05) is 43.1 Å². The van der Waals surface area contributed by atoms with E-state index >= 15 is 0 Å². The molecule has 1 aliphatic rings. The second kappa shape index (κ2) is 6.51. The lowest BCUT2D eigenvalue weighted by atomic mass is 10.2. The monoisotopic (exact) mass is 336 g/mol. The summed E-state index contributed by atoms with van der Waals surface area (Å²) in [6, 6.07) is 7.99. The number of piperazine rings is 1. The summed E-state index contributed by atoms with van der Waals surface area (Å²) in [5.41, 5.74) is 2.84. The number of rotatable bonds is 3. The second-order valence-corrected chi connectivity index (χ2v) is 6.02. The molecule has 0 N–H and O–H groups in total. The normalized spacial score (nSPS) is 14.8. The SMILES string of the molecule is COc1cncc(N2CCN(c3nc4ccccc4nc3C)CC2)n1. The van der Waals surface area contributed by atoms with Crippen LogP contribution in [0, 0.1) is 6.92 Å². The van der Waals surface area contributed by atoms with E-state index in [9.17, 15) is 0 Å². The van der Waals surface area contributed by atoms with Gasteiger partial charge in [0, 0.05) is 26.2 Å². The fourth-order valence-corrected chi connectivity index (χ4v) is 3.11. The zero-order valence-electron chi connectivity index (χ0n) is 14.4. The number of aromatic nitrogens is 4. The first-order valence-electron chi connectivity index (χ1n) is 8.34. The van der Waals surface area contributed by atoms with E-state index in [0.29, 0.717) is 5.88 Å². The van der Waals surface area contributed by atoms with Gasteiger partial charge in [0.1, 0.15) is 0 Å². The maximum absolute atomic E-state index is 5.16. The van der Waals surface area contributed by atoms with E-state index in [2.05, 4.69) is 19.8 Å². The topological polar surface area (TPSA) is 67.3 Å². The van der Waals surface area contributed by atoms with Crippen LogP contribution in [0.1, 0.15) is 5.69 Å². The zero-order chi connectivity index (χ0) is 17.2. The van der Waals surface area contributed by atoms with Gasteiger partial charge in [-0.2, -0.15) is 4.98 Å². The molecule has 0 amide bonds. The zero-order valence-corrected chi connectivity index (χ0v) is 14.4. The fourth-order valence-electron chi connectivity index (χ4n) is 3.11. The highest BCUT2D eigenvalue weighted by atomic mass is 16.5. The molecule has 1 aromatic carbocycles. The molecule has 1 fully saturated rings. The summed E-state index contributed by atoms with van der Waals surface area (Å²) < 4.78 is 5.16. The Labute approximate surface area is 146 Å². The van der Waals surface area contributed by atoms with Crippen LogP contribution in [0.25, 0.3) is 11.0 Å². The molecule has 0 spiro atoms. The maximum atomic E-state index is 5.16. The number of nitrogens with zero attached hydrogens (tertiary/aromatic N) is 6. The van der Waals surface area contributed by atoms with Gasteiger partial charge in [0.15, 0.2) is 11.6 Å². The molecular weight excluding hydrogens is 316 g/mol. The van der Waals surface area contributed by atoms with Crippen molar-refractivity contribution in [3.8, 4) is 5.88 Å². The first-order valence-corrected chi connectivity index (χ1v) is 8.34. The fraction of sp³-hybridized carbons (Fsp3) is 0.333. The third-order valence-corrected chi connectivity index (χ3v) is 4.43.